The van der Waals surface area contributed by atoms with Crippen LogP contribution in [-0.2, 0) is 24.1 Å². The summed E-state index contributed by atoms with van der Waals surface area (Å²) >= 11 is 8.53. The number of alkyl halides is 1. The van der Waals surface area contributed by atoms with Gasteiger partial charge in [-0.2, -0.15) is 0 Å². The lowest BCUT2D eigenvalue weighted by atomic mass is 10.0. The second-order valence-electron chi connectivity index (χ2n) is 5.83. The zero-order chi connectivity index (χ0) is 14.6. The number of hydrogen-bond donors (Lipinski definition) is 0. The molecule has 4 rings (SSSR count). The zero-order valence-electron chi connectivity index (χ0n) is 11.9. The lowest BCUT2D eigenvalue weighted by molar-refractivity contribution is -0.117. The molecule has 2 heterocycles. The fourth-order valence-electron chi connectivity index (χ4n) is 3.29. The Kier molecular flexibility index (Phi) is 3.09. The van der Waals surface area contributed by atoms with Gasteiger partial charge in [-0.1, -0.05) is 12.1 Å². The minimum absolute atomic E-state index is 0.105. The normalized spacial score (nSPS) is 18.0. The monoisotopic (exact) mass is 317 g/mol. The first-order valence-corrected chi connectivity index (χ1v) is 8.53. The van der Waals surface area contributed by atoms with E-state index in [0.29, 0.717) is 6.42 Å². The van der Waals surface area contributed by atoms with Crippen LogP contribution in [0.4, 0.5) is 5.69 Å². The summed E-state index contributed by atoms with van der Waals surface area (Å²) in [5.74, 6) is 0.156. The first-order chi connectivity index (χ1) is 10.1. The molecular weight excluding hydrogens is 302 g/mol. The number of rotatable bonds is 2. The minimum atomic E-state index is -0.105. The van der Waals surface area contributed by atoms with Gasteiger partial charge in [0.15, 0.2) is 0 Å². The Morgan fingerprint density at radius 3 is 2.90 bits per heavy atom. The Balaban J connectivity index is 1.67. The van der Waals surface area contributed by atoms with Crippen molar-refractivity contribution in [1.82, 2.24) is 0 Å². The van der Waals surface area contributed by atoms with Gasteiger partial charge >= 0.3 is 0 Å². The number of nitrogens with zero attached hydrogens (tertiary/aromatic N) is 1. The molecule has 2 aliphatic rings. The van der Waals surface area contributed by atoms with Crippen molar-refractivity contribution in [3.8, 4) is 0 Å². The average Bonchev–Trinajstić information content (AvgIpc) is 3.12. The number of carbonyl (C=O) groups excluding carboxylic acids is 1. The van der Waals surface area contributed by atoms with Crippen LogP contribution in [0.1, 0.15) is 38.2 Å². The van der Waals surface area contributed by atoms with Crippen molar-refractivity contribution < 1.29 is 4.79 Å². The molecule has 0 saturated carbocycles. The van der Waals surface area contributed by atoms with Gasteiger partial charge in [-0.05, 0) is 48.1 Å². The summed E-state index contributed by atoms with van der Waals surface area (Å²) in [5.41, 5.74) is 4.69. The summed E-state index contributed by atoms with van der Waals surface area (Å²) in [6, 6.07) is 8.44. The topological polar surface area (TPSA) is 20.3 Å². The Hall–Kier alpha value is -1.32. The van der Waals surface area contributed by atoms with Crippen LogP contribution in [0.3, 0.4) is 0 Å². The van der Waals surface area contributed by atoms with E-state index in [1.54, 1.807) is 4.90 Å². The summed E-state index contributed by atoms with van der Waals surface area (Å²) in [6.45, 7) is 0. The molecule has 0 fully saturated rings. The predicted molar refractivity (Wildman–Crippen MR) is 87.6 cm³/mol. The highest BCUT2D eigenvalue weighted by Gasteiger charge is 2.26. The molecule has 2 aromatic rings. The van der Waals surface area contributed by atoms with Crippen LogP contribution in [-0.4, -0.2) is 13.0 Å². The number of halogens is 1. The molecule has 108 valence electrons. The second kappa shape index (κ2) is 4.85. The maximum absolute atomic E-state index is 11.8. The van der Waals surface area contributed by atoms with Gasteiger partial charge < -0.3 is 4.90 Å². The molecule has 0 bridgehead atoms. The van der Waals surface area contributed by atoms with E-state index in [2.05, 4.69) is 18.2 Å². The standard InChI is InChI=1S/C17H16ClNOS/c1-19-13-6-5-11(7-12(13)9-16(19)20)17(18)15-8-10-3-2-4-14(10)21-15/h5-8,17H,2-4,9H2,1H3. The van der Waals surface area contributed by atoms with E-state index in [9.17, 15) is 4.79 Å². The van der Waals surface area contributed by atoms with E-state index in [-0.39, 0.29) is 11.3 Å². The van der Waals surface area contributed by atoms with Crippen LogP contribution in [0.5, 0.6) is 0 Å². The number of aryl methyl sites for hydroxylation is 2. The van der Waals surface area contributed by atoms with Crippen LogP contribution in [0.25, 0.3) is 0 Å². The van der Waals surface area contributed by atoms with Crippen molar-refractivity contribution in [3.63, 3.8) is 0 Å². The maximum atomic E-state index is 11.8. The number of hydrogen-bond acceptors (Lipinski definition) is 2. The van der Waals surface area contributed by atoms with E-state index in [1.165, 1.54) is 34.6 Å². The molecule has 0 radical (unpaired) electrons. The molecule has 2 nitrogen and oxygen atoms in total. The van der Waals surface area contributed by atoms with Gasteiger partial charge in [0.2, 0.25) is 5.91 Å². The molecule has 1 aromatic carbocycles. The Morgan fingerprint density at radius 2 is 2.10 bits per heavy atom. The molecule has 0 spiro atoms. The summed E-state index contributed by atoms with van der Waals surface area (Å²) in [7, 11) is 1.83. The third-order valence-electron chi connectivity index (χ3n) is 4.49. The van der Waals surface area contributed by atoms with Gasteiger partial charge in [-0.25, -0.2) is 0 Å². The van der Waals surface area contributed by atoms with Crippen molar-refractivity contribution >= 4 is 34.5 Å². The molecular formula is C17H16ClNOS. The lowest BCUT2D eigenvalue weighted by Crippen LogP contribution is -2.20. The van der Waals surface area contributed by atoms with Gasteiger partial charge in [0.05, 0.1) is 11.8 Å². The van der Waals surface area contributed by atoms with Crippen LogP contribution >= 0.6 is 22.9 Å². The smallest absolute Gasteiger partial charge is 0.231 e. The number of amides is 1. The number of likely N-dealkylation sites (N-methyl/N-ethyl adjacent to an activating group) is 1. The van der Waals surface area contributed by atoms with Crippen molar-refractivity contribution in [2.45, 2.75) is 31.1 Å². The number of thiophene rings is 1. The van der Waals surface area contributed by atoms with Crippen LogP contribution < -0.4 is 4.90 Å². The number of carbonyl (C=O) groups is 1. The fourth-order valence-corrected chi connectivity index (χ4v) is 4.89. The van der Waals surface area contributed by atoms with Crippen LogP contribution in [0.2, 0.25) is 0 Å². The largest absolute Gasteiger partial charge is 0.315 e. The first kappa shape index (κ1) is 13.4. The van der Waals surface area contributed by atoms with Gasteiger partial charge in [-0.3, -0.25) is 4.79 Å². The summed E-state index contributed by atoms with van der Waals surface area (Å²) in [5, 5.41) is -0.105. The van der Waals surface area contributed by atoms with Crippen LogP contribution in [0.15, 0.2) is 24.3 Å². The van der Waals surface area contributed by atoms with Crippen molar-refractivity contribution in [1.29, 1.82) is 0 Å². The number of fused-ring (bicyclic) bond motifs is 2. The average molecular weight is 318 g/mol. The van der Waals surface area contributed by atoms with Gasteiger partial charge in [-0.15, -0.1) is 22.9 Å². The molecule has 1 atom stereocenters. The quantitative estimate of drug-likeness (QED) is 0.764. The van der Waals surface area contributed by atoms with Gasteiger partial charge in [0.25, 0.3) is 0 Å². The summed E-state index contributed by atoms with van der Waals surface area (Å²) < 4.78 is 0. The lowest BCUT2D eigenvalue weighted by Gasteiger charge is -2.12. The van der Waals surface area contributed by atoms with E-state index in [0.717, 1.165) is 16.8 Å². The van der Waals surface area contributed by atoms with E-state index < -0.39 is 0 Å². The molecule has 1 aliphatic carbocycles. The molecule has 1 aliphatic heterocycles. The Labute approximate surface area is 133 Å². The molecule has 0 N–H and O–H groups in total. The number of benzene rings is 1. The molecule has 21 heavy (non-hydrogen) atoms. The van der Waals surface area contributed by atoms with Crippen LogP contribution in [0, 0.1) is 0 Å². The highest BCUT2D eigenvalue weighted by atomic mass is 35.5. The predicted octanol–water partition coefficient (Wildman–Crippen LogP) is 4.08. The van der Waals surface area contributed by atoms with Crippen molar-refractivity contribution in [2.24, 2.45) is 0 Å². The second-order valence-corrected chi connectivity index (χ2v) is 7.44. The number of anilines is 1. The SMILES string of the molecule is CN1C(=O)Cc2cc(C(Cl)c3cc4c(s3)CCC4)ccc21. The molecule has 4 heteroatoms. The molecule has 1 amide bonds. The van der Waals surface area contributed by atoms with Gasteiger partial charge in [0, 0.05) is 22.5 Å². The van der Waals surface area contributed by atoms with Gasteiger partial charge in [0.1, 0.15) is 0 Å². The van der Waals surface area contributed by atoms with E-state index >= 15 is 0 Å². The summed E-state index contributed by atoms with van der Waals surface area (Å²) in [4.78, 5) is 16.2. The highest BCUT2D eigenvalue weighted by molar-refractivity contribution is 7.12. The highest BCUT2D eigenvalue weighted by Crippen LogP contribution is 2.40. The zero-order valence-corrected chi connectivity index (χ0v) is 13.4. The minimum Gasteiger partial charge on any atom is -0.315 e. The Morgan fingerprint density at radius 1 is 1.24 bits per heavy atom. The third kappa shape index (κ3) is 2.11. The van der Waals surface area contributed by atoms with Crippen molar-refractivity contribution in [3.05, 3.63) is 50.7 Å². The summed E-state index contributed by atoms with van der Waals surface area (Å²) in [6.07, 6.45) is 4.16. The first-order valence-electron chi connectivity index (χ1n) is 7.28. The van der Waals surface area contributed by atoms with Crippen molar-refractivity contribution in [2.75, 3.05) is 11.9 Å². The van der Waals surface area contributed by atoms with E-state index in [4.69, 9.17) is 11.6 Å². The maximum Gasteiger partial charge on any atom is 0.231 e. The molecule has 1 aromatic heterocycles. The molecule has 0 saturated heterocycles. The molecule has 1 unspecified atom stereocenters. The third-order valence-corrected chi connectivity index (χ3v) is 6.41. The fraction of sp³-hybridized carbons (Fsp3) is 0.353. The Bertz CT molecular complexity index is 715. The van der Waals surface area contributed by atoms with E-state index in [1.807, 2.05) is 24.5 Å².